The van der Waals surface area contributed by atoms with Crippen molar-refractivity contribution in [3.8, 4) is 0 Å². The molecule has 1 heteroatoms. The normalized spacial score (nSPS) is 71.2. The molecule has 1 heterocycles. The summed E-state index contributed by atoms with van der Waals surface area (Å²) in [4.78, 5) is 0. The lowest BCUT2D eigenvalue weighted by atomic mass is 9.55. The molecular formula is C15H24O. The van der Waals surface area contributed by atoms with Crippen LogP contribution >= 0.6 is 0 Å². The Balaban J connectivity index is 1.98. The molecule has 0 N–H and O–H groups in total. The van der Waals surface area contributed by atoms with Gasteiger partial charge in [-0.2, -0.15) is 0 Å². The van der Waals surface area contributed by atoms with Crippen LogP contribution in [-0.2, 0) is 4.74 Å². The van der Waals surface area contributed by atoms with Gasteiger partial charge < -0.3 is 4.74 Å². The molecule has 1 spiro atoms. The fourth-order valence-electron chi connectivity index (χ4n) is 6.90. The molecule has 0 amide bonds. The van der Waals surface area contributed by atoms with Crippen molar-refractivity contribution in [3.05, 3.63) is 0 Å². The third-order valence-corrected chi connectivity index (χ3v) is 7.67. The Morgan fingerprint density at radius 1 is 1.06 bits per heavy atom. The first kappa shape index (κ1) is 9.94. The molecule has 4 fully saturated rings. The third kappa shape index (κ3) is 0.611. The average Bonchev–Trinajstić information content (AvgIpc) is 2.67. The summed E-state index contributed by atoms with van der Waals surface area (Å²) in [5.41, 5.74) is 1.80. The second kappa shape index (κ2) is 2.25. The van der Waals surface area contributed by atoms with Gasteiger partial charge in [0.15, 0.2) is 0 Å². The standard InChI is InChI=1S/C15H24O/c1-10-6-9-13(3)14(4)11(16-14)12(2)7-5-8-15(10,12)13/h10-11H,5-9H2,1-4H3/t10-,11-,12+,13+,14-,15-/m1/s1. The van der Waals surface area contributed by atoms with Crippen molar-refractivity contribution in [2.24, 2.45) is 22.2 Å². The number of fused-ring (bicyclic) bond motifs is 3. The van der Waals surface area contributed by atoms with E-state index in [2.05, 4.69) is 27.7 Å². The maximum Gasteiger partial charge on any atom is 0.0985 e. The van der Waals surface area contributed by atoms with E-state index in [4.69, 9.17) is 4.74 Å². The second-order valence-corrected chi connectivity index (χ2v) is 7.62. The Hall–Kier alpha value is -0.0400. The van der Waals surface area contributed by atoms with Gasteiger partial charge in [0.2, 0.25) is 0 Å². The van der Waals surface area contributed by atoms with Gasteiger partial charge in [-0.05, 0) is 43.9 Å². The minimum absolute atomic E-state index is 0.229. The van der Waals surface area contributed by atoms with Crippen molar-refractivity contribution in [2.75, 3.05) is 0 Å². The minimum atomic E-state index is 0.229. The number of hydrogen-bond acceptors (Lipinski definition) is 1. The molecule has 1 saturated heterocycles. The first-order valence-electron chi connectivity index (χ1n) is 7.10. The molecule has 1 aliphatic heterocycles. The lowest BCUT2D eigenvalue weighted by Crippen LogP contribution is -2.47. The van der Waals surface area contributed by atoms with E-state index in [9.17, 15) is 0 Å². The van der Waals surface area contributed by atoms with Crippen LogP contribution in [-0.4, -0.2) is 11.7 Å². The maximum atomic E-state index is 6.22. The van der Waals surface area contributed by atoms with E-state index in [0.717, 1.165) is 5.92 Å². The molecule has 0 bridgehead atoms. The van der Waals surface area contributed by atoms with Crippen LogP contribution in [0.25, 0.3) is 0 Å². The summed E-state index contributed by atoms with van der Waals surface area (Å²) in [5, 5.41) is 0. The highest BCUT2D eigenvalue weighted by Crippen LogP contribution is 2.86. The number of hydrogen-bond donors (Lipinski definition) is 0. The number of rotatable bonds is 0. The van der Waals surface area contributed by atoms with Gasteiger partial charge in [-0.3, -0.25) is 0 Å². The number of epoxide rings is 1. The van der Waals surface area contributed by atoms with Gasteiger partial charge in [-0.15, -0.1) is 0 Å². The molecule has 6 atom stereocenters. The third-order valence-electron chi connectivity index (χ3n) is 7.67. The summed E-state index contributed by atoms with van der Waals surface area (Å²) in [7, 11) is 0. The van der Waals surface area contributed by atoms with Crippen molar-refractivity contribution in [2.45, 2.75) is 71.5 Å². The van der Waals surface area contributed by atoms with Crippen molar-refractivity contribution in [1.29, 1.82) is 0 Å². The fourth-order valence-corrected chi connectivity index (χ4v) is 6.90. The van der Waals surface area contributed by atoms with Gasteiger partial charge in [0, 0.05) is 10.8 Å². The molecule has 4 rings (SSSR count). The van der Waals surface area contributed by atoms with Crippen LogP contribution in [0.4, 0.5) is 0 Å². The van der Waals surface area contributed by atoms with E-state index in [1.807, 2.05) is 0 Å². The van der Waals surface area contributed by atoms with E-state index in [0.29, 0.717) is 22.3 Å². The smallest absolute Gasteiger partial charge is 0.0985 e. The first-order chi connectivity index (χ1) is 7.42. The van der Waals surface area contributed by atoms with Gasteiger partial charge in [0.25, 0.3) is 0 Å². The van der Waals surface area contributed by atoms with E-state index < -0.39 is 0 Å². The van der Waals surface area contributed by atoms with Crippen LogP contribution in [0, 0.1) is 22.2 Å². The predicted octanol–water partition coefficient (Wildman–Crippen LogP) is 3.77. The molecule has 0 aromatic rings. The zero-order chi connectivity index (χ0) is 11.4. The predicted molar refractivity (Wildman–Crippen MR) is 64.2 cm³/mol. The molecule has 0 aromatic carbocycles. The summed E-state index contributed by atoms with van der Waals surface area (Å²) in [6, 6.07) is 0. The SMILES string of the molecule is C[C@@H]1CC[C@]2(C)[C@]13CCC[C@@]3(C)[C@H]1O[C@]12C. The Labute approximate surface area is 98.9 Å². The summed E-state index contributed by atoms with van der Waals surface area (Å²) in [6.45, 7) is 10.0. The zero-order valence-corrected chi connectivity index (χ0v) is 11.1. The Kier molecular flexibility index (Phi) is 1.40. The van der Waals surface area contributed by atoms with E-state index in [-0.39, 0.29) is 5.60 Å². The molecule has 3 saturated carbocycles. The fraction of sp³-hybridized carbons (Fsp3) is 1.00. The van der Waals surface area contributed by atoms with Gasteiger partial charge in [0.1, 0.15) is 0 Å². The second-order valence-electron chi connectivity index (χ2n) is 7.62. The lowest BCUT2D eigenvalue weighted by Gasteiger charge is -2.50. The van der Waals surface area contributed by atoms with Crippen LogP contribution in [0.15, 0.2) is 0 Å². The van der Waals surface area contributed by atoms with Gasteiger partial charge in [-0.25, -0.2) is 0 Å². The van der Waals surface area contributed by atoms with Crippen LogP contribution in [0.5, 0.6) is 0 Å². The molecule has 16 heavy (non-hydrogen) atoms. The summed E-state index contributed by atoms with van der Waals surface area (Å²) >= 11 is 0. The molecule has 1 nitrogen and oxygen atoms in total. The van der Waals surface area contributed by atoms with Crippen molar-refractivity contribution in [1.82, 2.24) is 0 Å². The van der Waals surface area contributed by atoms with Crippen molar-refractivity contribution in [3.63, 3.8) is 0 Å². The first-order valence-corrected chi connectivity index (χ1v) is 7.10. The van der Waals surface area contributed by atoms with Gasteiger partial charge in [0.05, 0.1) is 11.7 Å². The summed E-state index contributed by atoms with van der Waals surface area (Å²) in [5.74, 6) is 0.915. The highest BCUT2D eigenvalue weighted by atomic mass is 16.6. The Morgan fingerprint density at radius 3 is 2.56 bits per heavy atom. The van der Waals surface area contributed by atoms with Gasteiger partial charge in [-0.1, -0.05) is 27.2 Å². The zero-order valence-electron chi connectivity index (χ0n) is 11.1. The lowest BCUT2D eigenvalue weighted by molar-refractivity contribution is -0.0841. The van der Waals surface area contributed by atoms with Crippen LogP contribution in [0.1, 0.15) is 59.8 Å². The molecule has 4 aliphatic rings. The topological polar surface area (TPSA) is 12.5 Å². The quantitative estimate of drug-likeness (QED) is 0.566. The van der Waals surface area contributed by atoms with Gasteiger partial charge >= 0.3 is 0 Å². The maximum absolute atomic E-state index is 6.22. The van der Waals surface area contributed by atoms with Crippen molar-refractivity contribution >= 4 is 0 Å². The molecule has 3 aliphatic carbocycles. The Bertz CT molecular complexity index is 378. The molecule has 0 unspecified atom stereocenters. The number of ether oxygens (including phenoxy) is 1. The minimum Gasteiger partial charge on any atom is -0.365 e. The van der Waals surface area contributed by atoms with Crippen molar-refractivity contribution < 1.29 is 4.74 Å². The largest absolute Gasteiger partial charge is 0.365 e. The Morgan fingerprint density at radius 2 is 1.81 bits per heavy atom. The van der Waals surface area contributed by atoms with E-state index >= 15 is 0 Å². The van der Waals surface area contributed by atoms with Crippen LogP contribution < -0.4 is 0 Å². The highest BCUT2D eigenvalue weighted by molar-refractivity contribution is 5.35. The molecule has 90 valence electrons. The monoisotopic (exact) mass is 220 g/mol. The van der Waals surface area contributed by atoms with E-state index in [1.165, 1.54) is 32.1 Å². The molecular weight excluding hydrogens is 196 g/mol. The summed E-state index contributed by atoms with van der Waals surface area (Å²) < 4.78 is 6.22. The molecule has 0 radical (unpaired) electrons. The average molecular weight is 220 g/mol. The highest BCUT2D eigenvalue weighted by Gasteiger charge is 2.88. The molecule has 0 aromatic heterocycles. The van der Waals surface area contributed by atoms with Crippen LogP contribution in [0.2, 0.25) is 0 Å². The summed E-state index contributed by atoms with van der Waals surface area (Å²) in [6.07, 6.45) is 7.72. The van der Waals surface area contributed by atoms with E-state index in [1.54, 1.807) is 0 Å². The van der Waals surface area contributed by atoms with Crippen LogP contribution in [0.3, 0.4) is 0 Å².